The van der Waals surface area contributed by atoms with Crippen molar-refractivity contribution in [3.05, 3.63) is 63.6 Å². The summed E-state index contributed by atoms with van der Waals surface area (Å²) in [5.41, 5.74) is 3.29. The van der Waals surface area contributed by atoms with Crippen LogP contribution in [-0.2, 0) is 27.8 Å². The van der Waals surface area contributed by atoms with Crippen molar-refractivity contribution >= 4 is 15.9 Å². The lowest BCUT2D eigenvalue weighted by atomic mass is 10.0. The predicted molar refractivity (Wildman–Crippen MR) is 118 cm³/mol. The Bertz CT molecular complexity index is 1040. The van der Waals surface area contributed by atoms with Gasteiger partial charge in [0.15, 0.2) is 0 Å². The lowest BCUT2D eigenvalue weighted by Crippen LogP contribution is -2.34. The summed E-state index contributed by atoms with van der Waals surface area (Å²) in [6.45, 7) is 8.57. The molecule has 0 saturated heterocycles. The highest BCUT2D eigenvalue weighted by atomic mass is 32.2. The van der Waals surface area contributed by atoms with E-state index in [1.807, 2.05) is 0 Å². The summed E-state index contributed by atoms with van der Waals surface area (Å²) in [5.74, 6) is -0.324. The molecule has 1 aromatic carbocycles. The number of benzene rings is 1. The van der Waals surface area contributed by atoms with Gasteiger partial charge >= 0.3 is 0 Å². The number of sulfonamides is 1. The Morgan fingerprint density at radius 2 is 1.80 bits per heavy atom. The Hall–Kier alpha value is -2.45. The highest BCUT2D eigenvalue weighted by Gasteiger charge is 2.22. The molecule has 8 heteroatoms. The summed E-state index contributed by atoms with van der Waals surface area (Å²) < 4.78 is 27.7. The summed E-state index contributed by atoms with van der Waals surface area (Å²) in [5, 5.41) is 2.80. The number of pyridine rings is 1. The maximum Gasteiger partial charge on any atom is 0.251 e. The Labute approximate surface area is 178 Å². The van der Waals surface area contributed by atoms with E-state index >= 15 is 0 Å². The number of aryl methyl sites for hydroxylation is 3. The van der Waals surface area contributed by atoms with Crippen molar-refractivity contribution in [2.75, 3.05) is 19.6 Å². The van der Waals surface area contributed by atoms with Crippen molar-refractivity contribution < 1.29 is 13.2 Å². The zero-order chi connectivity index (χ0) is 22.3. The van der Waals surface area contributed by atoms with Crippen LogP contribution >= 0.6 is 0 Å². The Balaban J connectivity index is 1.97. The first-order valence-corrected chi connectivity index (χ1v) is 11.7. The van der Waals surface area contributed by atoms with Crippen LogP contribution in [0.2, 0.25) is 0 Å². The highest BCUT2D eigenvalue weighted by Crippen LogP contribution is 2.14. The van der Waals surface area contributed by atoms with E-state index in [2.05, 4.69) is 37.4 Å². The van der Waals surface area contributed by atoms with Gasteiger partial charge in [-0.3, -0.25) is 9.59 Å². The van der Waals surface area contributed by atoms with Gasteiger partial charge in [-0.05, 0) is 43.9 Å². The first-order valence-electron chi connectivity index (χ1n) is 10.2. The molecule has 2 rings (SSSR count). The van der Waals surface area contributed by atoms with Crippen LogP contribution in [0.5, 0.6) is 0 Å². The molecule has 1 amide bonds. The van der Waals surface area contributed by atoms with Gasteiger partial charge in [0.25, 0.3) is 5.56 Å². The summed E-state index contributed by atoms with van der Waals surface area (Å²) in [6, 6.07) is 8.79. The third-order valence-electron chi connectivity index (χ3n) is 5.06. The van der Waals surface area contributed by atoms with Gasteiger partial charge in [-0.1, -0.05) is 37.6 Å². The largest absolute Gasteiger partial charge is 0.355 e. The first-order chi connectivity index (χ1) is 14.2. The van der Waals surface area contributed by atoms with E-state index in [0.29, 0.717) is 19.6 Å². The van der Waals surface area contributed by atoms with Gasteiger partial charge in [0, 0.05) is 31.9 Å². The third kappa shape index (κ3) is 6.03. The molecule has 1 N–H and O–H groups in total. The molecule has 164 valence electrons. The molecule has 2 aromatic rings. The number of aromatic nitrogens is 1. The van der Waals surface area contributed by atoms with Crippen LogP contribution in [0.15, 0.2) is 46.2 Å². The lowest BCUT2D eigenvalue weighted by molar-refractivity contribution is -0.121. The topological polar surface area (TPSA) is 88.5 Å². The van der Waals surface area contributed by atoms with Gasteiger partial charge in [-0.2, -0.15) is 4.31 Å². The van der Waals surface area contributed by atoms with Gasteiger partial charge in [0.1, 0.15) is 6.54 Å². The Morgan fingerprint density at radius 1 is 1.10 bits per heavy atom. The number of carbonyl (C=O) groups is 1. The molecule has 1 heterocycles. The van der Waals surface area contributed by atoms with E-state index in [0.717, 1.165) is 17.4 Å². The molecule has 30 heavy (non-hydrogen) atoms. The predicted octanol–water partition coefficient (Wildman–Crippen LogP) is 2.24. The van der Waals surface area contributed by atoms with Crippen LogP contribution in [0.4, 0.5) is 0 Å². The number of hydrogen-bond acceptors (Lipinski definition) is 4. The van der Waals surface area contributed by atoms with Gasteiger partial charge in [-0.15, -0.1) is 0 Å². The number of rotatable bonds is 10. The second kappa shape index (κ2) is 10.5. The smallest absolute Gasteiger partial charge is 0.251 e. The summed E-state index contributed by atoms with van der Waals surface area (Å²) in [7, 11) is -3.69. The van der Waals surface area contributed by atoms with Crippen LogP contribution < -0.4 is 10.9 Å². The second-order valence-electron chi connectivity index (χ2n) is 7.30. The Morgan fingerprint density at radius 3 is 2.43 bits per heavy atom. The molecule has 0 aliphatic heterocycles. The molecule has 0 bridgehead atoms. The minimum atomic E-state index is -3.69. The minimum Gasteiger partial charge on any atom is -0.355 e. The SMILES string of the molecule is CCN(CC)S(=O)(=O)c1ccc(=O)n(CC(=O)NCCCc2ccc(C)cc2C)c1. The molecule has 0 aliphatic rings. The average Bonchev–Trinajstić information content (AvgIpc) is 2.69. The van der Waals surface area contributed by atoms with Gasteiger partial charge in [0.2, 0.25) is 15.9 Å². The molecule has 7 nitrogen and oxygen atoms in total. The van der Waals surface area contributed by atoms with Crippen LogP contribution in [0.3, 0.4) is 0 Å². The maximum atomic E-state index is 12.6. The summed E-state index contributed by atoms with van der Waals surface area (Å²) >= 11 is 0. The number of carbonyl (C=O) groups excluding carboxylic acids is 1. The van der Waals surface area contributed by atoms with Crippen molar-refractivity contribution in [2.24, 2.45) is 0 Å². The maximum absolute atomic E-state index is 12.6. The third-order valence-corrected chi connectivity index (χ3v) is 7.09. The van der Waals surface area contributed by atoms with E-state index in [9.17, 15) is 18.0 Å². The lowest BCUT2D eigenvalue weighted by Gasteiger charge is -2.19. The molecular formula is C22H31N3O4S. The zero-order valence-electron chi connectivity index (χ0n) is 18.1. The highest BCUT2D eigenvalue weighted by molar-refractivity contribution is 7.89. The van der Waals surface area contributed by atoms with Crippen LogP contribution in [-0.4, -0.2) is 42.8 Å². The fraction of sp³-hybridized carbons (Fsp3) is 0.455. The molecule has 0 fully saturated rings. The van der Waals surface area contributed by atoms with E-state index in [1.54, 1.807) is 13.8 Å². The fourth-order valence-corrected chi connectivity index (χ4v) is 4.82. The molecule has 0 radical (unpaired) electrons. The van der Waals surface area contributed by atoms with E-state index in [1.165, 1.54) is 39.3 Å². The monoisotopic (exact) mass is 433 g/mol. The van der Waals surface area contributed by atoms with Crippen molar-refractivity contribution in [3.8, 4) is 0 Å². The van der Waals surface area contributed by atoms with Crippen molar-refractivity contribution in [3.63, 3.8) is 0 Å². The van der Waals surface area contributed by atoms with Crippen LogP contribution in [0.25, 0.3) is 0 Å². The minimum absolute atomic E-state index is 0.00782. The van der Waals surface area contributed by atoms with Gasteiger partial charge < -0.3 is 9.88 Å². The molecule has 0 atom stereocenters. The number of nitrogens with one attached hydrogen (secondary N) is 1. The molecule has 1 aromatic heterocycles. The molecule has 0 unspecified atom stereocenters. The molecule has 0 spiro atoms. The van der Waals surface area contributed by atoms with Crippen molar-refractivity contribution in [1.82, 2.24) is 14.2 Å². The fourth-order valence-electron chi connectivity index (χ4n) is 3.34. The molecular weight excluding hydrogens is 402 g/mol. The molecule has 0 aliphatic carbocycles. The van der Waals surface area contributed by atoms with Crippen LogP contribution in [0.1, 0.15) is 37.0 Å². The first kappa shape index (κ1) is 23.8. The summed E-state index contributed by atoms with van der Waals surface area (Å²) in [4.78, 5) is 24.4. The number of hydrogen-bond donors (Lipinski definition) is 1. The quantitative estimate of drug-likeness (QED) is 0.582. The van der Waals surface area contributed by atoms with Crippen molar-refractivity contribution in [2.45, 2.75) is 52.0 Å². The standard InChI is InChI=1S/C22H31N3O4S/c1-5-25(6-2)30(28,29)20-11-12-22(27)24(15-20)16-21(26)23-13-7-8-19-10-9-17(3)14-18(19)4/h9-12,14-15H,5-8,13,16H2,1-4H3,(H,23,26). The van der Waals surface area contributed by atoms with Gasteiger partial charge in [-0.25, -0.2) is 8.42 Å². The zero-order valence-corrected chi connectivity index (χ0v) is 19.0. The van der Waals surface area contributed by atoms with Crippen LogP contribution in [0, 0.1) is 13.8 Å². The normalized spacial score (nSPS) is 11.6. The van der Waals surface area contributed by atoms with Crippen molar-refractivity contribution in [1.29, 1.82) is 0 Å². The Kier molecular flexibility index (Phi) is 8.37. The van der Waals surface area contributed by atoms with Gasteiger partial charge in [0.05, 0.1) is 4.90 Å². The van der Waals surface area contributed by atoms with E-state index < -0.39 is 15.6 Å². The average molecular weight is 434 g/mol. The second-order valence-corrected chi connectivity index (χ2v) is 9.24. The van der Waals surface area contributed by atoms with E-state index in [-0.39, 0.29) is 17.3 Å². The summed E-state index contributed by atoms with van der Waals surface area (Å²) in [6.07, 6.45) is 2.87. The number of nitrogens with zero attached hydrogens (tertiary/aromatic N) is 2. The van der Waals surface area contributed by atoms with E-state index in [4.69, 9.17) is 0 Å². The molecule has 0 saturated carbocycles. The number of amides is 1.